The predicted octanol–water partition coefficient (Wildman–Crippen LogP) is 1.10. The molecule has 0 radical (unpaired) electrons. The van der Waals surface area contributed by atoms with Crippen LogP contribution < -0.4 is 9.47 Å². The molecule has 1 aliphatic carbocycles. The van der Waals surface area contributed by atoms with E-state index >= 15 is 0 Å². The molecular formula is C24H27NO9. The van der Waals surface area contributed by atoms with Gasteiger partial charge in [-0.1, -0.05) is 0 Å². The van der Waals surface area contributed by atoms with Crippen LogP contribution in [0.25, 0.3) is 0 Å². The van der Waals surface area contributed by atoms with Crippen LogP contribution in [0.2, 0.25) is 0 Å². The number of esters is 2. The number of nitrogens with zero attached hydrogens (tertiary/aromatic N) is 1. The van der Waals surface area contributed by atoms with Crippen molar-refractivity contribution in [1.29, 1.82) is 0 Å². The Kier molecular flexibility index (Phi) is 5.87. The van der Waals surface area contributed by atoms with Crippen LogP contribution in [0.3, 0.4) is 0 Å². The second-order valence-electron chi connectivity index (χ2n) is 8.54. The van der Waals surface area contributed by atoms with E-state index in [9.17, 15) is 24.0 Å². The van der Waals surface area contributed by atoms with E-state index in [-0.39, 0.29) is 38.3 Å². The van der Waals surface area contributed by atoms with Gasteiger partial charge in [-0.2, -0.15) is 0 Å². The summed E-state index contributed by atoms with van der Waals surface area (Å²) in [5, 5.41) is 0. The molecule has 0 bridgehead atoms. The Hall–Kier alpha value is -3.43. The molecule has 3 atom stereocenters. The van der Waals surface area contributed by atoms with E-state index in [1.165, 1.54) is 19.1 Å². The fraction of sp³-hybridized carbons (Fsp3) is 0.542. The van der Waals surface area contributed by atoms with Gasteiger partial charge in [0.15, 0.2) is 16.9 Å². The zero-order chi connectivity index (χ0) is 24.8. The maximum absolute atomic E-state index is 13.6. The van der Waals surface area contributed by atoms with Crippen LogP contribution in [0.15, 0.2) is 12.1 Å². The van der Waals surface area contributed by atoms with Crippen LogP contribution in [0.4, 0.5) is 0 Å². The lowest BCUT2D eigenvalue weighted by Crippen LogP contribution is -2.65. The molecule has 1 amide bonds. The molecule has 1 spiro atoms. The van der Waals surface area contributed by atoms with Gasteiger partial charge in [-0.25, -0.2) is 4.79 Å². The number of fused-ring (bicyclic) bond motifs is 1. The number of Topliss-reactive ketones (excluding diaryl/α,β-unsaturated/α-hetero) is 2. The SMILES string of the molecule is CCOC(=O)[C@@H]1Cc2cc(OC)c(OC)cc2[C@@]23CCC(=O)C[C@]2(C(=O)OCC)C(=O)C(=O)N13. The number of rotatable bonds is 6. The first-order valence-corrected chi connectivity index (χ1v) is 11.2. The maximum atomic E-state index is 13.6. The average molecular weight is 473 g/mol. The molecule has 34 heavy (non-hydrogen) atoms. The zero-order valence-corrected chi connectivity index (χ0v) is 19.6. The minimum Gasteiger partial charge on any atom is -0.493 e. The molecule has 2 aliphatic heterocycles. The van der Waals surface area contributed by atoms with Crippen molar-refractivity contribution >= 4 is 29.4 Å². The van der Waals surface area contributed by atoms with Crippen molar-refractivity contribution in [3.63, 3.8) is 0 Å². The van der Waals surface area contributed by atoms with E-state index in [2.05, 4.69) is 0 Å². The summed E-state index contributed by atoms with van der Waals surface area (Å²) in [5.41, 5.74) is -2.66. The molecule has 10 heteroatoms. The number of benzene rings is 1. The molecule has 2 heterocycles. The molecule has 3 aliphatic rings. The second kappa shape index (κ2) is 8.41. The van der Waals surface area contributed by atoms with Crippen molar-refractivity contribution in [3.8, 4) is 11.5 Å². The molecule has 4 rings (SSSR count). The highest BCUT2D eigenvalue weighted by Crippen LogP contribution is 2.62. The number of carbonyl (C=O) groups is 5. The van der Waals surface area contributed by atoms with Crippen LogP contribution in [-0.4, -0.2) is 67.8 Å². The molecule has 2 fully saturated rings. The van der Waals surface area contributed by atoms with Gasteiger partial charge < -0.3 is 23.8 Å². The topological polar surface area (TPSA) is 126 Å². The Bertz CT molecular complexity index is 1100. The van der Waals surface area contributed by atoms with Gasteiger partial charge in [0.1, 0.15) is 11.8 Å². The molecule has 1 aromatic rings. The fourth-order valence-corrected chi connectivity index (χ4v) is 5.82. The number of methoxy groups -OCH3 is 2. The van der Waals surface area contributed by atoms with Crippen molar-refractivity contribution < 1.29 is 42.9 Å². The van der Waals surface area contributed by atoms with Gasteiger partial charge in [0.25, 0.3) is 5.91 Å². The summed E-state index contributed by atoms with van der Waals surface area (Å²) in [5.74, 6) is -3.31. The van der Waals surface area contributed by atoms with E-state index in [1.807, 2.05) is 0 Å². The summed E-state index contributed by atoms with van der Waals surface area (Å²) in [7, 11) is 2.91. The van der Waals surface area contributed by atoms with Crippen LogP contribution in [0, 0.1) is 5.41 Å². The maximum Gasteiger partial charge on any atom is 0.329 e. The molecule has 1 saturated heterocycles. The lowest BCUT2D eigenvalue weighted by molar-refractivity contribution is -0.177. The van der Waals surface area contributed by atoms with Crippen LogP contribution in [0.1, 0.15) is 44.2 Å². The Balaban J connectivity index is 2.09. The highest BCUT2D eigenvalue weighted by Gasteiger charge is 2.78. The molecule has 1 saturated carbocycles. The molecule has 0 N–H and O–H groups in total. The quantitative estimate of drug-likeness (QED) is 0.339. The third kappa shape index (κ3) is 2.90. The minimum absolute atomic E-state index is 0.0154. The van der Waals surface area contributed by atoms with Crippen molar-refractivity contribution in [2.45, 2.75) is 51.1 Å². The lowest BCUT2D eigenvalue weighted by atomic mass is 9.56. The number of ketones is 2. The Morgan fingerprint density at radius 1 is 1.03 bits per heavy atom. The molecule has 1 aromatic carbocycles. The average Bonchev–Trinajstić information content (AvgIpc) is 3.03. The molecular weight excluding hydrogens is 446 g/mol. The second-order valence-corrected chi connectivity index (χ2v) is 8.54. The van der Waals surface area contributed by atoms with Crippen molar-refractivity contribution in [2.24, 2.45) is 5.41 Å². The predicted molar refractivity (Wildman–Crippen MR) is 115 cm³/mol. The largest absolute Gasteiger partial charge is 0.493 e. The summed E-state index contributed by atoms with van der Waals surface area (Å²) in [6, 6.07) is 2.14. The first-order chi connectivity index (χ1) is 16.2. The van der Waals surface area contributed by atoms with Gasteiger partial charge in [-0.3, -0.25) is 19.2 Å². The first kappa shape index (κ1) is 23.7. The molecule has 10 nitrogen and oxygen atoms in total. The van der Waals surface area contributed by atoms with Gasteiger partial charge in [-0.05, 0) is 43.5 Å². The van der Waals surface area contributed by atoms with Gasteiger partial charge in [0, 0.05) is 19.3 Å². The number of hydrogen-bond acceptors (Lipinski definition) is 9. The first-order valence-electron chi connectivity index (χ1n) is 11.2. The molecule has 182 valence electrons. The third-order valence-corrected chi connectivity index (χ3v) is 7.11. The normalized spacial score (nSPS) is 27.5. The van der Waals surface area contributed by atoms with E-state index in [0.29, 0.717) is 22.6 Å². The molecule has 0 aromatic heterocycles. The van der Waals surface area contributed by atoms with Gasteiger partial charge >= 0.3 is 11.9 Å². The Morgan fingerprint density at radius 3 is 2.29 bits per heavy atom. The van der Waals surface area contributed by atoms with Crippen LogP contribution in [-0.2, 0) is 45.4 Å². The monoisotopic (exact) mass is 473 g/mol. The van der Waals surface area contributed by atoms with E-state index in [4.69, 9.17) is 18.9 Å². The van der Waals surface area contributed by atoms with Gasteiger partial charge in [0.05, 0.1) is 33.0 Å². The lowest BCUT2D eigenvalue weighted by Gasteiger charge is -2.54. The smallest absolute Gasteiger partial charge is 0.329 e. The zero-order valence-electron chi connectivity index (χ0n) is 19.6. The summed E-state index contributed by atoms with van der Waals surface area (Å²) in [6.07, 6.45) is -0.458. The third-order valence-electron chi connectivity index (χ3n) is 7.11. The van der Waals surface area contributed by atoms with Crippen molar-refractivity contribution in [1.82, 2.24) is 4.90 Å². The van der Waals surface area contributed by atoms with Crippen molar-refractivity contribution in [2.75, 3.05) is 27.4 Å². The van der Waals surface area contributed by atoms with E-state index in [0.717, 1.165) is 0 Å². The Labute approximate surface area is 196 Å². The van der Waals surface area contributed by atoms with Crippen molar-refractivity contribution in [3.05, 3.63) is 23.3 Å². The fourth-order valence-electron chi connectivity index (χ4n) is 5.82. The van der Waals surface area contributed by atoms with Gasteiger partial charge in [0.2, 0.25) is 5.78 Å². The van der Waals surface area contributed by atoms with E-state index in [1.54, 1.807) is 26.0 Å². The summed E-state index contributed by atoms with van der Waals surface area (Å²) >= 11 is 0. The van der Waals surface area contributed by atoms with Gasteiger partial charge in [-0.15, -0.1) is 0 Å². The summed E-state index contributed by atoms with van der Waals surface area (Å²) < 4.78 is 21.4. The highest BCUT2D eigenvalue weighted by atomic mass is 16.5. The standard InChI is InChI=1S/C24H27NO9/c1-5-33-21(29)16-9-13-10-17(31-3)18(32-4)11-15(13)24-8-7-14(26)12-23(24,22(30)34-6-2)19(27)20(28)25(16)24/h10-11,16H,5-9,12H2,1-4H3/t16-,23+,24-/m0/s1. The van der Waals surface area contributed by atoms with Crippen LogP contribution in [0.5, 0.6) is 11.5 Å². The van der Waals surface area contributed by atoms with E-state index < -0.39 is 47.0 Å². The number of carbonyl (C=O) groups excluding carboxylic acids is 5. The van der Waals surface area contributed by atoms with Crippen LogP contribution >= 0.6 is 0 Å². The number of ether oxygens (including phenoxy) is 4. The Morgan fingerprint density at radius 2 is 1.68 bits per heavy atom. The summed E-state index contributed by atoms with van der Waals surface area (Å²) in [4.78, 5) is 67.6. The number of amides is 1. The molecule has 0 unspecified atom stereocenters. The summed E-state index contributed by atoms with van der Waals surface area (Å²) in [6.45, 7) is 3.23. The highest BCUT2D eigenvalue weighted by molar-refractivity contribution is 6.46. The minimum atomic E-state index is -2.12. The number of hydrogen-bond donors (Lipinski definition) is 0.